The van der Waals surface area contributed by atoms with E-state index in [0.29, 0.717) is 24.3 Å². The molecule has 2 aliphatic heterocycles. The van der Waals surface area contributed by atoms with E-state index >= 15 is 0 Å². The van der Waals surface area contributed by atoms with Gasteiger partial charge in [0.2, 0.25) is 0 Å². The Morgan fingerprint density at radius 1 is 1.22 bits per heavy atom. The zero-order valence-corrected chi connectivity index (χ0v) is 19.0. The van der Waals surface area contributed by atoms with Gasteiger partial charge in [-0.1, -0.05) is 6.42 Å². The number of morpholine rings is 1. The summed E-state index contributed by atoms with van der Waals surface area (Å²) >= 11 is 0. The fourth-order valence-corrected chi connectivity index (χ4v) is 5.63. The van der Waals surface area contributed by atoms with Crippen molar-refractivity contribution in [3.8, 4) is 5.75 Å². The number of benzene rings is 1. The number of amides is 1. The fourth-order valence-electron chi connectivity index (χ4n) is 5.63. The van der Waals surface area contributed by atoms with Gasteiger partial charge >= 0.3 is 0 Å². The summed E-state index contributed by atoms with van der Waals surface area (Å²) in [6, 6.07) is 3.76. The topological polar surface area (TPSA) is 84.2 Å². The van der Waals surface area contributed by atoms with Crippen molar-refractivity contribution in [3.63, 3.8) is 0 Å². The molecule has 0 radical (unpaired) electrons. The van der Waals surface area contributed by atoms with Gasteiger partial charge < -0.3 is 24.3 Å². The van der Waals surface area contributed by atoms with Crippen LogP contribution in [0.4, 0.5) is 0 Å². The van der Waals surface area contributed by atoms with Gasteiger partial charge in [0.25, 0.3) is 5.91 Å². The van der Waals surface area contributed by atoms with Gasteiger partial charge in [-0.15, -0.1) is 0 Å². The molecule has 0 unspecified atom stereocenters. The normalized spacial score (nSPS) is 23.1. The highest BCUT2D eigenvalue weighted by atomic mass is 16.5. The zero-order valence-electron chi connectivity index (χ0n) is 19.0. The van der Waals surface area contributed by atoms with E-state index in [0.717, 1.165) is 87.2 Å². The van der Waals surface area contributed by atoms with Crippen LogP contribution in [-0.2, 0) is 4.74 Å². The predicted molar refractivity (Wildman–Crippen MR) is 121 cm³/mol. The van der Waals surface area contributed by atoms with Crippen molar-refractivity contribution in [1.82, 2.24) is 10.2 Å². The lowest BCUT2D eigenvalue weighted by atomic mass is 9.77. The molecule has 1 amide bonds. The maximum absolute atomic E-state index is 12.8. The fraction of sp³-hybridized carbons (Fsp3) is 0.640. The van der Waals surface area contributed by atoms with Gasteiger partial charge in [-0.25, -0.2) is 0 Å². The van der Waals surface area contributed by atoms with Gasteiger partial charge in [0.1, 0.15) is 16.9 Å². The Bertz CT molecular complexity index is 972. The first-order valence-corrected chi connectivity index (χ1v) is 12.1. The number of furan rings is 1. The number of hydrogen-bond acceptors (Lipinski definition) is 6. The first kappa shape index (κ1) is 21.7. The number of hydrogen-bond donors (Lipinski definition) is 2. The number of nitrogens with zero attached hydrogens (tertiary/aromatic N) is 1. The molecule has 1 saturated carbocycles. The molecular weight excluding hydrogens is 408 g/mol. The van der Waals surface area contributed by atoms with Gasteiger partial charge in [-0.2, -0.15) is 0 Å². The van der Waals surface area contributed by atoms with Crippen LogP contribution in [0.25, 0.3) is 11.0 Å². The van der Waals surface area contributed by atoms with Crippen molar-refractivity contribution in [2.24, 2.45) is 0 Å². The summed E-state index contributed by atoms with van der Waals surface area (Å²) in [5, 5.41) is 14.9. The Hall–Kier alpha value is -2.09. The van der Waals surface area contributed by atoms with E-state index in [1.54, 1.807) is 0 Å². The molecule has 0 bridgehead atoms. The van der Waals surface area contributed by atoms with Gasteiger partial charge in [-0.05, 0) is 57.7 Å². The highest BCUT2D eigenvalue weighted by Gasteiger charge is 2.42. The number of carbonyl (C=O) groups is 1. The third kappa shape index (κ3) is 4.14. The number of aliphatic hydroxyl groups is 1. The second kappa shape index (κ2) is 9.04. The molecule has 2 N–H and O–H groups in total. The van der Waals surface area contributed by atoms with E-state index in [4.69, 9.17) is 13.9 Å². The van der Waals surface area contributed by atoms with Crippen molar-refractivity contribution in [2.75, 3.05) is 39.4 Å². The highest BCUT2D eigenvalue weighted by molar-refractivity contribution is 6.00. The molecule has 5 rings (SSSR count). The molecule has 1 aromatic carbocycles. The van der Waals surface area contributed by atoms with Gasteiger partial charge in [0, 0.05) is 42.6 Å². The minimum Gasteiger partial charge on any atom is -0.487 e. The second-order valence-corrected chi connectivity index (χ2v) is 9.54. The molecule has 7 nitrogen and oxygen atoms in total. The van der Waals surface area contributed by atoms with Crippen molar-refractivity contribution >= 4 is 16.9 Å². The SMILES string of the molecule is Cc1c(C(=O)NCCCN2CCOCC2)oc2ccc3c(c12)[C@@H](O)CC1(CCCCC1)O3. The first-order valence-electron chi connectivity index (χ1n) is 12.1. The molecule has 174 valence electrons. The minimum absolute atomic E-state index is 0.204. The quantitative estimate of drug-likeness (QED) is 0.687. The maximum Gasteiger partial charge on any atom is 0.287 e. The molecular formula is C25H34N2O5. The van der Waals surface area contributed by atoms with Crippen LogP contribution in [-0.4, -0.2) is 60.9 Å². The van der Waals surface area contributed by atoms with Crippen molar-refractivity contribution < 1.29 is 23.8 Å². The molecule has 1 aliphatic carbocycles. The van der Waals surface area contributed by atoms with Crippen molar-refractivity contribution in [1.29, 1.82) is 0 Å². The minimum atomic E-state index is -0.610. The lowest BCUT2D eigenvalue weighted by Gasteiger charge is -2.43. The standard InChI is InChI=1S/C25H34N2O5/c1-17-21-19(31-23(17)24(29)26-10-5-11-27-12-14-30-15-13-27)6-7-20-22(21)18(28)16-25(32-20)8-3-2-4-9-25/h6-7,18,28H,2-5,8-16H2,1H3,(H,26,29)/t18-/m0/s1. The molecule has 2 aromatic rings. The first-order chi connectivity index (χ1) is 15.6. The summed E-state index contributed by atoms with van der Waals surface area (Å²) in [6.07, 6.45) is 6.38. The summed E-state index contributed by atoms with van der Waals surface area (Å²) in [5.74, 6) is 0.855. The summed E-state index contributed by atoms with van der Waals surface area (Å²) in [5.41, 5.74) is 1.91. The van der Waals surface area contributed by atoms with Gasteiger partial charge in [-0.3, -0.25) is 9.69 Å². The number of nitrogens with one attached hydrogen (secondary N) is 1. The summed E-state index contributed by atoms with van der Waals surface area (Å²) in [6.45, 7) is 6.91. The molecule has 1 aromatic heterocycles. The van der Waals surface area contributed by atoms with Gasteiger partial charge in [0.15, 0.2) is 5.76 Å². The Labute approximate surface area is 189 Å². The monoisotopic (exact) mass is 442 g/mol. The average Bonchev–Trinajstić information content (AvgIpc) is 3.14. The van der Waals surface area contributed by atoms with Gasteiger partial charge in [0.05, 0.1) is 19.3 Å². The molecule has 32 heavy (non-hydrogen) atoms. The molecule has 1 atom stereocenters. The van der Waals surface area contributed by atoms with Crippen LogP contribution in [0.1, 0.15) is 72.7 Å². The Kier molecular flexibility index (Phi) is 6.14. The third-order valence-corrected chi connectivity index (χ3v) is 7.33. The number of rotatable bonds is 5. The van der Waals surface area contributed by atoms with Crippen LogP contribution in [0, 0.1) is 6.92 Å². The molecule has 2 fully saturated rings. The van der Waals surface area contributed by atoms with Crippen LogP contribution >= 0.6 is 0 Å². The second-order valence-electron chi connectivity index (χ2n) is 9.54. The van der Waals surface area contributed by atoms with E-state index in [-0.39, 0.29) is 11.5 Å². The lowest BCUT2D eigenvalue weighted by Crippen LogP contribution is -2.42. The number of carbonyl (C=O) groups excluding carboxylic acids is 1. The molecule has 7 heteroatoms. The van der Waals surface area contributed by atoms with Crippen LogP contribution in [0.15, 0.2) is 16.5 Å². The van der Waals surface area contributed by atoms with Crippen LogP contribution < -0.4 is 10.1 Å². The van der Waals surface area contributed by atoms with E-state index in [9.17, 15) is 9.90 Å². The average molecular weight is 443 g/mol. The van der Waals surface area contributed by atoms with E-state index < -0.39 is 6.10 Å². The number of aliphatic hydroxyl groups excluding tert-OH is 1. The van der Waals surface area contributed by atoms with Crippen LogP contribution in [0.3, 0.4) is 0 Å². The maximum atomic E-state index is 12.8. The van der Waals surface area contributed by atoms with Crippen molar-refractivity contribution in [3.05, 3.63) is 29.0 Å². The molecule has 3 aliphatic rings. The summed E-state index contributed by atoms with van der Waals surface area (Å²) in [7, 11) is 0. The number of fused-ring (bicyclic) bond motifs is 3. The third-order valence-electron chi connectivity index (χ3n) is 7.33. The predicted octanol–water partition coefficient (Wildman–Crippen LogP) is 3.71. The van der Waals surface area contributed by atoms with E-state index in [2.05, 4.69) is 10.2 Å². The van der Waals surface area contributed by atoms with Crippen LogP contribution in [0.2, 0.25) is 0 Å². The zero-order chi connectivity index (χ0) is 22.1. The number of ether oxygens (including phenoxy) is 2. The Morgan fingerprint density at radius 3 is 2.78 bits per heavy atom. The van der Waals surface area contributed by atoms with E-state index in [1.165, 1.54) is 6.42 Å². The highest BCUT2D eigenvalue weighted by Crippen LogP contribution is 2.49. The Balaban J connectivity index is 1.31. The number of aryl methyl sites for hydroxylation is 1. The smallest absolute Gasteiger partial charge is 0.287 e. The molecule has 1 saturated heterocycles. The van der Waals surface area contributed by atoms with Crippen molar-refractivity contribution in [2.45, 2.75) is 63.6 Å². The van der Waals surface area contributed by atoms with Crippen LogP contribution in [0.5, 0.6) is 5.75 Å². The molecule has 3 heterocycles. The lowest BCUT2D eigenvalue weighted by molar-refractivity contribution is -0.0373. The summed E-state index contributed by atoms with van der Waals surface area (Å²) < 4.78 is 17.8. The van der Waals surface area contributed by atoms with E-state index in [1.807, 2.05) is 19.1 Å². The largest absolute Gasteiger partial charge is 0.487 e. The Morgan fingerprint density at radius 2 is 2.00 bits per heavy atom. The summed E-state index contributed by atoms with van der Waals surface area (Å²) in [4.78, 5) is 15.2. The molecule has 1 spiro atoms.